The van der Waals surface area contributed by atoms with E-state index < -0.39 is 0 Å². The van der Waals surface area contributed by atoms with Crippen LogP contribution in [-0.2, 0) is 0 Å². The molecule has 0 aliphatic rings. The predicted octanol–water partition coefficient (Wildman–Crippen LogP) is 6.17. The van der Waals surface area contributed by atoms with E-state index in [0.29, 0.717) is 0 Å². The van der Waals surface area contributed by atoms with Gasteiger partial charge in [-0.05, 0) is 26.7 Å². The van der Waals surface area contributed by atoms with E-state index in [2.05, 4.69) is 40.2 Å². The molecule has 0 saturated heterocycles. The summed E-state index contributed by atoms with van der Waals surface area (Å²) < 4.78 is 0. The van der Waals surface area contributed by atoms with Gasteiger partial charge in [0, 0.05) is 0 Å². The van der Waals surface area contributed by atoms with Gasteiger partial charge in [0.05, 0.1) is 0 Å². The Hall–Kier alpha value is -1.56. The Balaban J connectivity index is 0. The van der Waals surface area contributed by atoms with Gasteiger partial charge < -0.3 is 0 Å². The second kappa shape index (κ2) is 11.9. The molecular weight excluding hydrogens is 216 g/mol. The molecule has 0 amide bonds. The molecule has 0 heteroatoms. The molecule has 0 bridgehead atoms. The monoisotopic (exact) mass is 244 g/mol. The molecule has 0 spiro atoms. The third-order valence-electron chi connectivity index (χ3n) is 2.12. The first-order valence-electron chi connectivity index (χ1n) is 6.36. The average Bonchev–Trinajstić information content (AvgIpc) is 2.33. The van der Waals surface area contributed by atoms with Gasteiger partial charge in [-0.25, -0.2) is 0 Å². The fourth-order valence-electron chi connectivity index (χ4n) is 0.756. The molecule has 0 aromatic rings. The van der Waals surface area contributed by atoms with E-state index in [-0.39, 0.29) is 0 Å². The van der Waals surface area contributed by atoms with Crippen LogP contribution in [0.3, 0.4) is 0 Å². The Bertz CT molecular complexity index is 312. The number of rotatable bonds is 6. The van der Waals surface area contributed by atoms with Crippen LogP contribution in [0.2, 0.25) is 0 Å². The Morgan fingerprint density at radius 2 is 0.944 bits per heavy atom. The van der Waals surface area contributed by atoms with Crippen molar-refractivity contribution in [3.05, 3.63) is 72.9 Å². The van der Waals surface area contributed by atoms with E-state index >= 15 is 0 Å². The summed E-state index contributed by atoms with van der Waals surface area (Å²) in [6, 6.07) is 0. The number of hydrogen-bond donors (Lipinski definition) is 0. The average molecular weight is 244 g/mol. The van der Waals surface area contributed by atoms with Gasteiger partial charge in [-0.15, -0.1) is 0 Å². The van der Waals surface area contributed by atoms with Crippen molar-refractivity contribution in [2.45, 2.75) is 40.5 Å². The molecular formula is C18H28. The van der Waals surface area contributed by atoms with Crippen molar-refractivity contribution in [2.24, 2.45) is 0 Å². The molecule has 18 heavy (non-hydrogen) atoms. The van der Waals surface area contributed by atoms with E-state index in [1.54, 1.807) is 0 Å². The van der Waals surface area contributed by atoms with E-state index in [4.69, 9.17) is 0 Å². The lowest BCUT2D eigenvalue weighted by Gasteiger charge is -1.89. The first-order chi connectivity index (χ1) is 8.33. The highest BCUT2D eigenvalue weighted by Crippen LogP contribution is 2.00. The first kappa shape index (κ1) is 18.8. The summed E-state index contributed by atoms with van der Waals surface area (Å²) in [4.78, 5) is 0. The van der Waals surface area contributed by atoms with Gasteiger partial charge in [-0.2, -0.15) is 0 Å². The van der Waals surface area contributed by atoms with Gasteiger partial charge in [0.15, 0.2) is 0 Å². The van der Waals surface area contributed by atoms with Crippen LogP contribution in [0.15, 0.2) is 72.9 Å². The van der Waals surface area contributed by atoms with Crippen molar-refractivity contribution < 1.29 is 0 Å². The van der Waals surface area contributed by atoms with Gasteiger partial charge in [-0.3, -0.25) is 0 Å². The quantitative estimate of drug-likeness (QED) is 0.490. The second-order valence-electron chi connectivity index (χ2n) is 4.38. The van der Waals surface area contributed by atoms with Crippen molar-refractivity contribution in [3.8, 4) is 0 Å². The van der Waals surface area contributed by atoms with E-state index in [1.807, 2.05) is 38.2 Å². The van der Waals surface area contributed by atoms with Gasteiger partial charge >= 0.3 is 0 Å². The molecule has 0 N–H and O–H groups in total. The van der Waals surface area contributed by atoms with Crippen LogP contribution in [0, 0.1) is 0 Å². The minimum absolute atomic E-state index is 1.02. The molecule has 0 aliphatic carbocycles. The first-order valence-corrected chi connectivity index (χ1v) is 6.36. The summed E-state index contributed by atoms with van der Waals surface area (Å²) in [5.41, 5.74) is 4.45. The molecule has 0 aliphatic heterocycles. The second-order valence-corrected chi connectivity index (χ2v) is 4.38. The fourth-order valence-corrected chi connectivity index (χ4v) is 0.756. The standard InChI is InChI=1S/2C9H14/c2*1-5-9(4)7-6-8(2)3/h2*6-7H,2,4-5H2,1,3H3/b2*7-6-. The molecule has 0 atom stereocenters. The maximum atomic E-state index is 3.82. The molecule has 0 fully saturated rings. The highest BCUT2D eigenvalue weighted by atomic mass is 13.9. The smallest absolute Gasteiger partial charge is 0.0313 e. The van der Waals surface area contributed by atoms with E-state index in [9.17, 15) is 0 Å². The van der Waals surface area contributed by atoms with Gasteiger partial charge in [-0.1, -0.05) is 86.8 Å². The summed E-state index contributed by atoms with van der Waals surface area (Å²) in [6.07, 6.45) is 10.00. The van der Waals surface area contributed by atoms with Crippen LogP contribution in [0.4, 0.5) is 0 Å². The minimum atomic E-state index is 1.02. The third kappa shape index (κ3) is 16.9. The molecule has 0 saturated carbocycles. The zero-order chi connectivity index (χ0) is 14.6. The minimum Gasteiger partial charge on any atom is -0.0961 e. The molecule has 0 unspecified atom stereocenters. The normalized spacial score (nSPS) is 10.0. The zero-order valence-corrected chi connectivity index (χ0v) is 12.6. The third-order valence-corrected chi connectivity index (χ3v) is 2.12. The Morgan fingerprint density at radius 1 is 0.667 bits per heavy atom. The van der Waals surface area contributed by atoms with Gasteiger partial charge in [0.25, 0.3) is 0 Å². The lowest BCUT2D eigenvalue weighted by atomic mass is 10.2. The van der Waals surface area contributed by atoms with Crippen molar-refractivity contribution in [1.82, 2.24) is 0 Å². The van der Waals surface area contributed by atoms with Crippen LogP contribution < -0.4 is 0 Å². The molecule has 100 valence electrons. The summed E-state index contributed by atoms with van der Waals surface area (Å²) in [5.74, 6) is 0. The van der Waals surface area contributed by atoms with E-state index in [0.717, 1.165) is 35.1 Å². The van der Waals surface area contributed by atoms with Crippen molar-refractivity contribution in [2.75, 3.05) is 0 Å². The molecule has 0 rings (SSSR count). The van der Waals surface area contributed by atoms with Crippen LogP contribution >= 0.6 is 0 Å². The summed E-state index contributed by atoms with van der Waals surface area (Å²) in [7, 11) is 0. The van der Waals surface area contributed by atoms with E-state index in [1.165, 1.54) is 0 Å². The van der Waals surface area contributed by atoms with Crippen LogP contribution in [0.1, 0.15) is 40.5 Å². The molecule has 0 aromatic carbocycles. The SMILES string of the molecule is C=C(C)/C=C\C(=C)CC.C=C(C)/C=C\C(=C)CC. The van der Waals surface area contributed by atoms with Gasteiger partial charge in [0.2, 0.25) is 0 Å². The van der Waals surface area contributed by atoms with Crippen LogP contribution in [0.25, 0.3) is 0 Å². The maximum absolute atomic E-state index is 3.82. The number of allylic oxidation sites excluding steroid dienone is 8. The lowest BCUT2D eigenvalue weighted by Crippen LogP contribution is -1.69. The molecule has 0 heterocycles. The molecule has 0 nitrogen and oxygen atoms in total. The van der Waals surface area contributed by atoms with Crippen LogP contribution in [0.5, 0.6) is 0 Å². The fraction of sp³-hybridized carbons (Fsp3) is 0.333. The highest BCUT2D eigenvalue weighted by Gasteiger charge is 1.80. The summed E-state index contributed by atoms with van der Waals surface area (Å²) in [5, 5.41) is 0. The Kier molecular flexibility index (Phi) is 12.4. The largest absolute Gasteiger partial charge is 0.0961 e. The van der Waals surface area contributed by atoms with Gasteiger partial charge in [0.1, 0.15) is 0 Å². The summed E-state index contributed by atoms with van der Waals surface area (Å²) in [6.45, 7) is 23.2. The summed E-state index contributed by atoms with van der Waals surface area (Å²) >= 11 is 0. The van der Waals surface area contributed by atoms with Crippen molar-refractivity contribution in [3.63, 3.8) is 0 Å². The Labute approximate surface area is 114 Å². The molecule has 0 radical (unpaired) electrons. The molecule has 0 aromatic heterocycles. The topological polar surface area (TPSA) is 0 Å². The van der Waals surface area contributed by atoms with Crippen molar-refractivity contribution in [1.29, 1.82) is 0 Å². The lowest BCUT2D eigenvalue weighted by molar-refractivity contribution is 1.16. The highest BCUT2D eigenvalue weighted by molar-refractivity contribution is 5.22. The Morgan fingerprint density at radius 3 is 1.11 bits per heavy atom. The predicted molar refractivity (Wildman–Crippen MR) is 86.8 cm³/mol. The van der Waals surface area contributed by atoms with Crippen LogP contribution in [-0.4, -0.2) is 0 Å². The number of hydrogen-bond acceptors (Lipinski definition) is 0. The zero-order valence-electron chi connectivity index (χ0n) is 12.6. The maximum Gasteiger partial charge on any atom is -0.0313 e. The van der Waals surface area contributed by atoms with Crippen molar-refractivity contribution >= 4 is 0 Å².